The molecule has 3 aromatic rings. The smallest absolute Gasteiger partial charge is 0.371 e. The number of nitrogens with zero attached hydrogens (tertiary/aromatic N) is 2. The average molecular weight is 371 g/mol. The number of rotatable bonds is 8. The highest BCUT2D eigenvalue weighted by molar-refractivity contribution is 5.84. The Morgan fingerprint density at radius 3 is 2.33 bits per heavy atom. The van der Waals surface area contributed by atoms with E-state index >= 15 is 0 Å². The Labute approximate surface area is 155 Å². The van der Waals surface area contributed by atoms with Gasteiger partial charge in [0.2, 0.25) is 11.7 Å². The largest absolute Gasteiger partial charge is 0.475 e. The molecule has 142 valence electrons. The number of fused-ring (bicyclic) bond motifs is 1. The van der Waals surface area contributed by atoms with Gasteiger partial charge >= 0.3 is 11.7 Å². The van der Waals surface area contributed by atoms with Crippen LogP contribution in [0.25, 0.3) is 11.0 Å². The topological polar surface area (TPSA) is 106 Å². The van der Waals surface area contributed by atoms with Crippen LogP contribution in [0.3, 0.4) is 0 Å². The molecule has 0 fully saturated rings. The number of hydrogen-bond donors (Lipinski definition) is 2. The average Bonchev–Trinajstić information content (AvgIpc) is 3.23. The van der Waals surface area contributed by atoms with Gasteiger partial charge in [0.25, 0.3) is 0 Å². The van der Waals surface area contributed by atoms with Gasteiger partial charge in [0.1, 0.15) is 5.76 Å². The molecule has 0 atom stereocenters. The molecular formula is C19H21N3O5. The van der Waals surface area contributed by atoms with Crippen LogP contribution < -0.4 is 11.0 Å². The number of imidazole rings is 1. The molecule has 0 aliphatic heterocycles. The Hall–Kier alpha value is -3.29. The number of nitrogens with one attached hydrogen (secondary N) is 1. The van der Waals surface area contributed by atoms with Crippen LogP contribution in [0.5, 0.6) is 0 Å². The number of aryl methyl sites for hydroxylation is 2. The quantitative estimate of drug-likeness (QED) is 0.631. The zero-order valence-electron chi connectivity index (χ0n) is 15.0. The molecule has 0 saturated heterocycles. The van der Waals surface area contributed by atoms with Crippen LogP contribution in [0.4, 0.5) is 0 Å². The standard InChI is InChI=1S/C19H21N3O5/c1-2-10-21-14-5-3-4-6-15(14)22(19(21)26)11-9-17(23)20-12-13-7-8-16(27-13)18(24)25/h3-8H,2,9-12H2,1H3,(H,20,23)(H,24,25). The molecule has 0 aliphatic rings. The van der Waals surface area contributed by atoms with E-state index < -0.39 is 5.97 Å². The van der Waals surface area contributed by atoms with E-state index in [1.165, 1.54) is 12.1 Å². The predicted molar refractivity (Wildman–Crippen MR) is 98.6 cm³/mol. The fourth-order valence-electron chi connectivity index (χ4n) is 3.00. The van der Waals surface area contributed by atoms with E-state index in [9.17, 15) is 14.4 Å². The summed E-state index contributed by atoms with van der Waals surface area (Å²) in [5.41, 5.74) is 1.55. The molecule has 2 aromatic heterocycles. The van der Waals surface area contributed by atoms with Crippen molar-refractivity contribution in [2.24, 2.45) is 0 Å². The van der Waals surface area contributed by atoms with Crippen molar-refractivity contribution < 1.29 is 19.1 Å². The van der Waals surface area contributed by atoms with E-state index in [4.69, 9.17) is 9.52 Å². The molecule has 2 N–H and O–H groups in total. The Kier molecular flexibility index (Phi) is 5.44. The van der Waals surface area contributed by atoms with Gasteiger partial charge < -0.3 is 14.8 Å². The molecule has 3 rings (SSSR count). The van der Waals surface area contributed by atoms with E-state index in [-0.39, 0.29) is 36.9 Å². The van der Waals surface area contributed by atoms with E-state index in [1.54, 1.807) is 9.13 Å². The predicted octanol–water partition coefficient (Wildman–Crippen LogP) is 2.21. The lowest BCUT2D eigenvalue weighted by Crippen LogP contribution is -2.28. The molecule has 0 aliphatic carbocycles. The lowest BCUT2D eigenvalue weighted by molar-refractivity contribution is -0.121. The molecule has 1 aromatic carbocycles. The number of para-hydroxylation sites is 2. The van der Waals surface area contributed by atoms with Gasteiger partial charge in [-0.2, -0.15) is 0 Å². The molecule has 0 bridgehead atoms. The van der Waals surface area contributed by atoms with Crippen molar-refractivity contribution in [1.82, 2.24) is 14.5 Å². The molecular weight excluding hydrogens is 350 g/mol. The maximum absolute atomic E-state index is 12.7. The summed E-state index contributed by atoms with van der Waals surface area (Å²) in [6.07, 6.45) is 0.975. The SMILES string of the molecule is CCCn1c(=O)n(CCC(=O)NCc2ccc(C(=O)O)o2)c2ccccc21. The third-order valence-electron chi connectivity index (χ3n) is 4.27. The normalized spacial score (nSPS) is 11.0. The molecule has 0 unspecified atom stereocenters. The number of benzene rings is 1. The van der Waals surface area contributed by atoms with Crippen molar-refractivity contribution in [1.29, 1.82) is 0 Å². The monoisotopic (exact) mass is 371 g/mol. The Morgan fingerprint density at radius 1 is 1.07 bits per heavy atom. The fourth-order valence-corrected chi connectivity index (χ4v) is 3.00. The number of carbonyl (C=O) groups excluding carboxylic acids is 1. The van der Waals surface area contributed by atoms with Crippen LogP contribution in [-0.2, 0) is 24.4 Å². The second-order valence-corrected chi connectivity index (χ2v) is 6.17. The molecule has 8 heteroatoms. The van der Waals surface area contributed by atoms with Gasteiger partial charge in [0.15, 0.2) is 0 Å². The van der Waals surface area contributed by atoms with Gasteiger partial charge in [0, 0.05) is 19.5 Å². The highest BCUT2D eigenvalue weighted by Gasteiger charge is 2.14. The lowest BCUT2D eigenvalue weighted by Gasteiger charge is -2.05. The number of carbonyl (C=O) groups is 2. The number of carboxylic acid groups (broad SMARTS) is 1. The minimum Gasteiger partial charge on any atom is -0.475 e. The van der Waals surface area contributed by atoms with Crippen LogP contribution in [0.2, 0.25) is 0 Å². The van der Waals surface area contributed by atoms with Crippen molar-refractivity contribution in [3.63, 3.8) is 0 Å². The van der Waals surface area contributed by atoms with Crippen LogP contribution in [0, 0.1) is 0 Å². The van der Waals surface area contributed by atoms with Crippen molar-refractivity contribution >= 4 is 22.9 Å². The summed E-state index contributed by atoms with van der Waals surface area (Å²) in [5.74, 6) is -1.22. The van der Waals surface area contributed by atoms with Gasteiger partial charge in [0.05, 0.1) is 17.6 Å². The summed E-state index contributed by atoms with van der Waals surface area (Å²) in [7, 11) is 0. The van der Waals surface area contributed by atoms with Crippen molar-refractivity contribution in [2.75, 3.05) is 0 Å². The van der Waals surface area contributed by atoms with Gasteiger partial charge in [-0.1, -0.05) is 19.1 Å². The Bertz CT molecular complexity index is 1030. The number of carboxylic acids is 1. The first-order chi connectivity index (χ1) is 13.0. The molecule has 8 nitrogen and oxygen atoms in total. The summed E-state index contributed by atoms with van der Waals surface area (Å²) < 4.78 is 8.43. The van der Waals surface area contributed by atoms with Crippen LogP contribution in [-0.4, -0.2) is 26.1 Å². The molecule has 0 saturated carbocycles. The van der Waals surface area contributed by atoms with Crippen LogP contribution in [0.1, 0.15) is 36.1 Å². The van der Waals surface area contributed by atoms with E-state index in [0.717, 1.165) is 17.5 Å². The Morgan fingerprint density at radius 2 is 1.74 bits per heavy atom. The van der Waals surface area contributed by atoms with Crippen LogP contribution >= 0.6 is 0 Å². The first-order valence-electron chi connectivity index (χ1n) is 8.78. The lowest BCUT2D eigenvalue weighted by atomic mass is 10.3. The fraction of sp³-hybridized carbons (Fsp3) is 0.316. The number of furan rings is 1. The molecule has 0 radical (unpaired) electrons. The van der Waals surface area contributed by atoms with Crippen molar-refractivity contribution in [3.8, 4) is 0 Å². The van der Waals surface area contributed by atoms with Gasteiger partial charge in [-0.05, 0) is 30.7 Å². The summed E-state index contributed by atoms with van der Waals surface area (Å²) in [6.45, 7) is 3.00. The van der Waals surface area contributed by atoms with Crippen molar-refractivity contribution in [2.45, 2.75) is 39.4 Å². The highest BCUT2D eigenvalue weighted by atomic mass is 16.4. The minimum atomic E-state index is -1.16. The third-order valence-corrected chi connectivity index (χ3v) is 4.27. The zero-order valence-corrected chi connectivity index (χ0v) is 15.0. The molecule has 1 amide bonds. The summed E-state index contributed by atoms with van der Waals surface area (Å²) >= 11 is 0. The number of hydrogen-bond acceptors (Lipinski definition) is 4. The summed E-state index contributed by atoms with van der Waals surface area (Å²) in [5, 5.41) is 11.5. The minimum absolute atomic E-state index is 0.0958. The number of aromatic carboxylic acids is 1. The van der Waals surface area contributed by atoms with Gasteiger partial charge in [-0.15, -0.1) is 0 Å². The maximum Gasteiger partial charge on any atom is 0.371 e. The second kappa shape index (κ2) is 7.94. The molecule has 27 heavy (non-hydrogen) atoms. The maximum atomic E-state index is 12.7. The third kappa shape index (κ3) is 3.94. The summed E-state index contributed by atoms with van der Waals surface area (Å²) in [4.78, 5) is 35.6. The first kappa shape index (κ1) is 18.5. The molecule has 2 heterocycles. The van der Waals surface area contributed by atoms with Crippen molar-refractivity contribution in [3.05, 3.63) is 58.4 Å². The van der Waals surface area contributed by atoms with E-state index in [1.807, 2.05) is 31.2 Å². The van der Waals surface area contributed by atoms with E-state index in [0.29, 0.717) is 12.3 Å². The van der Waals surface area contributed by atoms with Crippen LogP contribution in [0.15, 0.2) is 45.6 Å². The number of aromatic nitrogens is 2. The Balaban J connectivity index is 1.65. The second-order valence-electron chi connectivity index (χ2n) is 6.17. The van der Waals surface area contributed by atoms with Gasteiger partial charge in [-0.25, -0.2) is 9.59 Å². The zero-order chi connectivity index (χ0) is 19.4. The first-order valence-corrected chi connectivity index (χ1v) is 8.78. The highest BCUT2D eigenvalue weighted by Crippen LogP contribution is 2.13. The summed E-state index contributed by atoms with van der Waals surface area (Å²) in [6, 6.07) is 10.4. The van der Waals surface area contributed by atoms with Gasteiger partial charge in [-0.3, -0.25) is 13.9 Å². The molecule has 0 spiro atoms. The van der Waals surface area contributed by atoms with E-state index in [2.05, 4.69) is 5.32 Å². The number of amides is 1.